The van der Waals surface area contributed by atoms with E-state index in [1.54, 1.807) is 11.8 Å². The van der Waals surface area contributed by atoms with Gasteiger partial charge in [0.05, 0.1) is 10.2 Å². The van der Waals surface area contributed by atoms with E-state index < -0.39 is 4.92 Å². The van der Waals surface area contributed by atoms with Crippen LogP contribution < -0.4 is 5.32 Å². The third-order valence-corrected chi connectivity index (χ3v) is 4.27. The molecule has 0 saturated heterocycles. The van der Waals surface area contributed by atoms with E-state index >= 15 is 0 Å². The molecule has 6 heteroatoms. The molecule has 0 fully saturated rings. The molecule has 2 aromatic rings. The van der Waals surface area contributed by atoms with Gasteiger partial charge in [-0.1, -0.05) is 30.3 Å². The molecule has 0 aliphatic heterocycles. The minimum atomic E-state index is -0.468. The molecule has 0 aliphatic rings. The Morgan fingerprint density at radius 3 is 2.41 bits per heavy atom. The van der Waals surface area contributed by atoms with E-state index in [4.69, 9.17) is 0 Å². The van der Waals surface area contributed by atoms with Crippen LogP contribution in [0.2, 0.25) is 0 Å². The van der Waals surface area contributed by atoms with Gasteiger partial charge in [0.1, 0.15) is 0 Å². The maximum atomic E-state index is 12.1. The molecule has 5 nitrogen and oxygen atoms in total. The molecule has 0 aliphatic carbocycles. The van der Waals surface area contributed by atoms with Crippen molar-refractivity contribution >= 4 is 29.0 Å². The molecule has 0 radical (unpaired) electrons. The van der Waals surface area contributed by atoms with Gasteiger partial charge in [0.25, 0.3) is 5.69 Å². The number of thioether (sulfide) groups is 1. The number of carbonyl (C=O) groups excluding carboxylic acids is 1. The van der Waals surface area contributed by atoms with Crippen LogP contribution in [-0.4, -0.2) is 16.1 Å². The second-order valence-corrected chi connectivity index (χ2v) is 6.06. The summed E-state index contributed by atoms with van der Waals surface area (Å²) in [7, 11) is 0. The normalized spacial score (nSPS) is 11.7. The van der Waals surface area contributed by atoms with Crippen molar-refractivity contribution in [1.82, 2.24) is 0 Å². The van der Waals surface area contributed by atoms with E-state index in [0.29, 0.717) is 5.69 Å². The van der Waals surface area contributed by atoms with Crippen LogP contribution in [0, 0.1) is 10.1 Å². The lowest BCUT2D eigenvalue weighted by Crippen LogP contribution is -2.22. The SMILES string of the molecule is CC(SCc1ccccc1)C(=O)Nc1ccc([N+](=O)[O-])cc1. The predicted molar refractivity (Wildman–Crippen MR) is 88.9 cm³/mol. The standard InChI is InChI=1S/C16H16N2O3S/c1-12(22-11-13-5-3-2-4-6-13)16(19)17-14-7-9-15(10-8-14)18(20)21/h2-10,12H,11H2,1H3,(H,17,19). The first kappa shape index (κ1) is 16.0. The molecule has 114 valence electrons. The number of nitro benzene ring substituents is 1. The average Bonchev–Trinajstić information content (AvgIpc) is 2.54. The number of rotatable bonds is 6. The minimum Gasteiger partial charge on any atom is -0.325 e. The molecule has 0 aromatic heterocycles. The van der Waals surface area contributed by atoms with E-state index in [9.17, 15) is 14.9 Å². The maximum absolute atomic E-state index is 12.1. The predicted octanol–water partition coefficient (Wildman–Crippen LogP) is 3.86. The third-order valence-electron chi connectivity index (χ3n) is 3.06. The van der Waals surface area contributed by atoms with E-state index in [1.165, 1.54) is 29.8 Å². The largest absolute Gasteiger partial charge is 0.325 e. The highest BCUT2D eigenvalue weighted by Gasteiger charge is 2.14. The Morgan fingerprint density at radius 2 is 1.82 bits per heavy atom. The Labute approximate surface area is 132 Å². The number of hydrogen-bond donors (Lipinski definition) is 1. The Kier molecular flexibility index (Phi) is 5.55. The van der Waals surface area contributed by atoms with Crippen molar-refractivity contribution in [2.75, 3.05) is 5.32 Å². The first-order chi connectivity index (χ1) is 10.6. The zero-order valence-electron chi connectivity index (χ0n) is 12.1. The molecule has 0 spiro atoms. The van der Waals surface area contributed by atoms with Gasteiger partial charge in [0.15, 0.2) is 0 Å². The fraction of sp³-hybridized carbons (Fsp3) is 0.188. The molecule has 1 atom stereocenters. The highest BCUT2D eigenvalue weighted by Crippen LogP contribution is 2.20. The van der Waals surface area contributed by atoms with Gasteiger partial charge < -0.3 is 5.32 Å². The van der Waals surface area contributed by atoms with Gasteiger partial charge in [0, 0.05) is 23.6 Å². The second-order valence-electron chi connectivity index (χ2n) is 4.73. The van der Waals surface area contributed by atoms with E-state index in [-0.39, 0.29) is 16.8 Å². The van der Waals surface area contributed by atoms with Crippen molar-refractivity contribution < 1.29 is 9.72 Å². The molecule has 2 aromatic carbocycles. The summed E-state index contributed by atoms with van der Waals surface area (Å²) in [6.07, 6.45) is 0. The first-order valence-electron chi connectivity index (χ1n) is 6.77. The monoisotopic (exact) mass is 316 g/mol. The quantitative estimate of drug-likeness (QED) is 0.649. The summed E-state index contributed by atoms with van der Waals surface area (Å²) in [5.74, 6) is 0.644. The third kappa shape index (κ3) is 4.60. The minimum absolute atomic E-state index is 0.00417. The molecule has 1 unspecified atom stereocenters. The topological polar surface area (TPSA) is 72.2 Å². The van der Waals surface area contributed by atoms with Gasteiger partial charge in [-0.2, -0.15) is 0 Å². The number of nitrogens with one attached hydrogen (secondary N) is 1. The Morgan fingerprint density at radius 1 is 1.18 bits per heavy atom. The van der Waals surface area contributed by atoms with Gasteiger partial charge in [-0.05, 0) is 24.6 Å². The lowest BCUT2D eigenvalue weighted by molar-refractivity contribution is -0.384. The van der Waals surface area contributed by atoms with Crippen LogP contribution in [0.3, 0.4) is 0 Å². The summed E-state index contributed by atoms with van der Waals surface area (Å²) in [6.45, 7) is 1.84. The first-order valence-corrected chi connectivity index (χ1v) is 7.82. The van der Waals surface area contributed by atoms with E-state index in [0.717, 1.165) is 5.75 Å². The summed E-state index contributed by atoms with van der Waals surface area (Å²) in [6, 6.07) is 15.7. The molecule has 22 heavy (non-hydrogen) atoms. The fourth-order valence-electron chi connectivity index (χ4n) is 1.78. The van der Waals surface area contributed by atoms with Crippen LogP contribution in [0.1, 0.15) is 12.5 Å². The smallest absolute Gasteiger partial charge is 0.269 e. The average molecular weight is 316 g/mol. The number of nitro groups is 1. The van der Waals surface area contributed by atoms with Crippen molar-refractivity contribution in [2.45, 2.75) is 17.9 Å². The zero-order chi connectivity index (χ0) is 15.9. The van der Waals surface area contributed by atoms with Gasteiger partial charge >= 0.3 is 0 Å². The zero-order valence-corrected chi connectivity index (χ0v) is 12.9. The van der Waals surface area contributed by atoms with Crippen LogP contribution in [0.4, 0.5) is 11.4 Å². The van der Waals surface area contributed by atoms with Crippen molar-refractivity contribution in [2.24, 2.45) is 0 Å². The lowest BCUT2D eigenvalue weighted by atomic mass is 10.2. The highest BCUT2D eigenvalue weighted by atomic mass is 32.2. The molecule has 0 saturated carbocycles. The maximum Gasteiger partial charge on any atom is 0.269 e. The number of carbonyl (C=O) groups is 1. The van der Waals surface area contributed by atoms with Crippen LogP contribution in [0.15, 0.2) is 54.6 Å². The number of anilines is 1. The van der Waals surface area contributed by atoms with E-state index in [1.807, 2.05) is 37.3 Å². The van der Waals surface area contributed by atoms with E-state index in [2.05, 4.69) is 5.32 Å². The summed E-state index contributed by atoms with van der Waals surface area (Å²) in [5, 5.41) is 13.1. The Balaban J connectivity index is 1.87. The number of benzene rings is 2. The number of hydrogen-bond acceptors (Lipinski definition) is 4. The van der Waals surface area contributed by atoms with Crippen LogP contribution in [-0.2, 0) is 10.5 Å². The van der Waals surface area contributed by atoms with Gasteiger partial charge in [0.2, 0.25) is 5.91 Å². The van der Waals surface area contributed by atoms with Gasteiger partial charge in [-0.15, -0.1) is 11.8 Å². The molecular formula is C16H16N2O3S. The molecule has 2 rings (SSSR count). The Hall–Kier alpha value is -2.34. The fourth-order valence-corrected chi connectivity index (χ4v) is 2.63. The number of non-ortho nitro benzene ring substituents is 1. The van der Waals surface area contributed by atoms with Crippen molar-refractivity contribution in [3.05, 3.63) is 70.3 Å². The van der Waals surface area contributed by atoms with Crippen molar-refractivity contribution in [3.8, 4) is 0 Å². The summed E-state index contributed by atoms with van der Waals surface area (Å²) in [4.78, 5) is 22.2. The van der Waals surface area contributed by atoms with Crippen LogP contribution >= 0.6 is 11.8 Å². The van der Waals surface area contributed by atoms with Crippen LogP contribution in [0.25, 0.3) is 0 Å². The molecule has 1 N–H and O–H groups in total. The molecule has 0 bridgehead atoms. The lowest BCUT2D eigenvalue weighted by Gasteiger charge is -2.12. The highest BCUT2D eigenvalue weighted by molar-refractivity contribution is 7.99. The Bertz CT molecular complexity index is 644. The number of nitrogens with zero attached hydrogens (tertiary/aromatic N) is 1. The molecule has 0 heterocycles. The van der Waals surface area contributed by atoms with Gasteiger partial charge in [-0.3, -0.25) is 14.9 Å². The molecular weight excluding hydrogens is 300 g/mol. The molecule has 1 amide bonds. The summed E-state index contributed by atoms with van der Waals surface area (Å²) < 4.78 is 0. The summed E-state index contributed by atoms with van der Waals surface area (Å²) in [5.41, 5.74) is 1.73. The summed E-state index contributed by atoms with van der Waals surface area (Å²) >= 11 is 1.54. The van der Waals surface area contributed by atoms with Crippen molar-refractivity contribution in [1.29, 1.82) is 0 Å². The number of amides is 1. The van der Waals surface area contributed by atoms with Gasteiger partial charge in [-0.25, -0.2) is 0 Å². The van der Waals surface area contributed by atoms with Crippen molar-refractivity contribution in [3.63, 3.8) is 0 Å². The van der Waals surface area contributed by atoms with Crippen LogP contribution in [0.5, 0.6) is 0 Å². The second kappa shape index (κ2) is 7.61.